The van der Waals surface area contributed by atoms with Crippen molar-refractivity contribution in [3.63, 3.8) is 0 Å². The largest absolute Gasteiger partial charge is 0.397 e. The molecule has 1 aliphatic rings. The van der Waals surface area contributed by atoms with Crippen molar-refractivity contribution in [2.75, 3.05) is 13.2 Å². The zero-order valence-corrected chi connectivity index (χ0v) is 38.0. The second-order valence-corrected chi connectivity index (χ2v) is 18.3. The molecule has 13 nitrogen and oxygen atoms in total. The van der Waals surface area contributed by atoms with Crippen molar-refractivity contribution < 1.29 is 57.0 Å². The topological polar surface area (TPSA) is 212 Å². The fourth-order valence-corrected chi connectivity index (χ4v) is 8.45. The van der Waals surface area contributed by atoms with Gasteiger partial charge in [0, 0.05) is 0 Å². The van der Waals surface area contributed by atoms with Crippen LogP contribution in [0.4, 0.5) is 0 Å². The molecule has 8 unspecified atom stereocenters. The standard InChI is InChI=1S/C45H89NO12S/c1-3-5-7-9-11-13-15-17-19-21-23-25-27-29-31-33-38(48)37(36-56-45-42(51)43(58-59(53,54)55)41(50)40(35-47)57-45)46-44(52)39(49)34-32-30-28-26-24-22-20-18-16-14-12-10-8-6-4-2/h37-43,45,47-51H,3-36H2,1-2H3,(H,46,52)(H,53,54,55). The Morgan fingerprint density at radius 3 is 1.36 bits per heavy atom. The zero-order chi connectivity index (χ0) is 43.6. The molecule has 14 heteroatoms. The summed E-state index contributed by atoms with van der Waals surface area (Å²) in [6.07, 6.45) is 25.7. The minimum Gasteiger partial charge on any atom is -0.394 e. The van der Waals surface area contributed by atoms with E-state index in [1.54, 1.807) is 0 Å². The van der Waals surface area contributed by atoms with Crippen LogP contribution in [-0.2, 0) is 28.9 Å². The van der Waals surface area contributed by atoms with Crippen LogP contribution >= 0.6 is 0 Å². The third-order valence-corrected chi connectivity index (χ3v) is 12.2. The van der Waals surface area contributed by atoms with Gasteiger partial charge in [-0.15, -0.1) is 0 Å². The van der Waals surface area contributed by atoms with Gasteiger partial charge >= 0.3 is 10.4 Å². The third kappa shape index (κ3) is 29.1. The lowest BCUT2D eigenvalue weighted by atomic mass is 9.99. The van der Waals surface area contributed by atoms with Crippen molar-refractivity contribution >= 4 is 16.3 Å². The van der Waals surface area contributed by atoms with Crippen LogP contribution in [0.15, 0.2) is 0 Å². The monoisotopic (exact) mass is 868 g/mol. The van der Waals surface area contributed by atoms with Gasteiger partial charge in [0.15, 0.2) is 6.29 Å². The van der Waals surface area contributed by atoms with Crippen molar-refractivity contribution in [2.24, 2.45) is 0 Å². The number of aliphatic hydroxyl groups excluding tert-OH is 5. The van der Waals surface area contributed by atoms with Crippen LogP contribution in [0.2, 0.25) is 0 Å². The molecule has 1 heterocycles. The minimum absolute atomic E-state index is 0.266. The first kappa shape index (κ1) is 56.1. The van der Waals surface area contributed by atoms with Gasteiger partial charge in [0.25, 0.3) is 0 Å². The molecule has 0 aliphatic carbocycles. The van der Waals surface area contributed by atoms with E-state index in [1.165, 1.54) is 141 Å². The number of aliphatic hydroxyl groups is 5. The average Bonchev–Trinajstić information content (AvgIpc) is 3.20. The van der Waals surface area contributed by atoms with Gasteiger partial charge in [0.1, 0.15) is 30.5 Å². The normalized spacial score (nSPS) is 21.4. The van der Waals surface area contributed by atoms with Crippen molar-refractivity contribution in [1.29, 1.82) is 0 Å². The summed E-state index contributed by atoms with van der Waals surface area (Å²) in [5.41, 5.74) is 0. The predicted molar refractivity (Wildman–Crippen MR) is 233 cm³/mol. The highest BCUT2D eigenvalue weighted by molar-refractivity contribution is 7.80. The number of hydrogen-bond acceptors (Lipinski definition) is 11. The Morgan fingerprint density at radius 2 is 0.983 bits per heavy atom. The van der Waals surface area contributed by atoms with E-state index in [0.29, 0.717) is 19.3 Å². The molecule has 1 saturated heterocycles. The molecule has 0 spiro atoms. The number of unbranched alkanes of at least 4 members (excludes halogenated alkanes) is 28. The van der Waals surface area contributed by atoms with Crippen molar-refractivity contribution in [3.05, 3.63) is 0 Å². The van der Waals surface area contributed by atoms with Crippen molar-refractivity contribution in [2.45, 2.75) is 268 Å². The summed E-state index contributed by atoms with van der Waals surface area (Å²) in [6.45, 7) is 3.29. The molecule has 8 atom stereocenters. The van der Waals surface area contributed by atoms with Crippen LogP contribution in [-0.4, -0.2) is 107 Å². The molecule has 0 bridgehead atoms. The average molecular weight is 868 g/mol. The summed E-state index contributed by atoms with van der Waals surface area (Å²) in [5, 5.41) is 55.4. The first-order valence-corrected chi connectivity index (χ1v) is 25.4. The number of rotatable bonds is 41. The van der Waals surface area contributed by atoms with Gasteiger partial charge in [-0.1, -0.05) is 206 Å². The molecule has 7 N–H and O–H groups in total. The van der Waals surface area contributed by atoms with Crippen molar-refractivity contribution in [3.8, 4) is 0 Å². The lowest BCUT2D eigenvalue weighted by molar-refractivity contribution is -0.298. The number of amides is 1. The van der Waals surface area contributed by atoms with E-state index in [2.05, 4.69) is 23.3 Å². The van der Waals surface area contributed by atoms with E-state index in [-0.39, 0.29) is 6.42 Å². The van der Waals surface area contributed by atoms with E-state index < -0.39 is 78.5 Å². The smallest absolute Gasteiger partial charge is 0.394 e. The third-order valence-electron chi connectivity index (χ3n) is 11.8. The Hall–Kier alpha value is -0.940. The second kappa shape index (κ2) is 36.5. The van der Waals surface area contributed by atoms with Crippen LogP contribution in [0.3, 0.4) is 0 Å². The van der Waals surface area contributed by atoms with E-state index >= 15 is 0 Å². The molecule has 352 valence electrons. The Kier molecular flexibility index (Phi) is 34.7. The number of hydrogen-bond donors (Lipinski definition) is 7. The molecule has 0 radical (unpaired) electrons. The van der Waals surface area contributed by atoms with E-state index in [0.717, 1.165) is 38.5 Å². The molecule has 59 heavy (non-hydrogen) atoms. The number of ether oxygens (including phenoxy) is 2. The Balaban J connectivity index is 2.54. The van der Waals surface area contributed by atoms with Gasteiger partial charge in [-0.3, -0.25) is 9.35 Å². The van der Waals surface area contributed by atoms with Gasteiger partial charge in [-0.25, -0.2) is 4.18 Å². The fourth-order valence-electron chi connectivity index (χ4n) is 7.94. The molecule has 0 aromatic heterocycles. The number of carbonyl (C=O) groups is 1. The van der Waals surface area contributed by atoms with E-state index in [1.807, 2.05) is 0 Å². The van der Waals surface area contributed by atoms with Crippen molar-refractivity contribution in [1.82, 2.24) is 5.32 Å². The highest BCUT2D eigenvalue weighted by Crippen LogP contribution is 2.26. The first-order chi connectivity index (χ1) is 28.4. The summed E-state index contributed by atoms with van der Waals surface area (Å²) in [7, 11) is -5.10. The molecule has 1 rings (SSSR count). The van der Waals surface area contributed by atoms with Gasteiger partial charge in [-0.2, -0.15) is 8.42 Å². The fraction of sp³-hybridized carbons (Fsp3) is 0.978. The summed E-state index contributed by atoms with van der Waals surface area (Å²) >= 11 is 0. The van der Waals surface area contributed by atoms with Crippen LogP contribution in [0.25, 0.3) is 0 Å². The predicted octanol–water partition coefficient (Wildman–Crippen LogP) is 8.36. The Labute approximate surface area is 359 Å². The SMILES string of the molecule is CCCCCCCCCCCCCCCCCC(O)C(=O)NC(COC1OC(CO)C(O)C(OS(=O)(=O)O)C1O)C(O)CCCCCCCCCCCCCCCCC. The lowest BCUT2D eigenvalue weighted by Gasteiger charge is -2.41. The first-order valence-electron chi connectivity index (χ1n) is 24.0. The summed E-state index contributed by atoms with van der Waals surface area (Å²) < 4.78 is 47.6. The molecule has 0 saturated carbocycles. The maximum atomic E-state index is 13.1. The van der Waals surface area contributed by atoms with E-state index in [4.69, 9.17) is 9.47 Å². The quantitative estimate of drug-likeness (QED) is 0.0228. The number of carbonyl (C=O) groups excluding carboxylic acids is 1. The Bertz CT molecular complexity index is 1090. The lowest BCUT2D eigenvalue weighted by Crippen LogP contribution is -2.61. The summed E-state index contributed by atoms with van der Waals surface area (Å²) in [4.78, 5) is 13.1. The highest BCUT2D eigenvalue weighted by atomic mass is 32.3. The summed E-state index contributed by atoms with van der Waals surface area (Å²) in [5.74, 6) is -0.666. The van der Waals surface area contributed by atoms with Gasteiger partial charge in [0.05, 0.1) is 25.4 Å². The summed E-state index contributed by atoms with van der Waals surface area (Å²) in [6, 6.07) is -1.03. The van der Waals surface area contributed by atoms with Crippen LogP contribution in [0, 0.1) is 0 Å². The van der Waals surface area contributed by atoms with Gasteiger partial charge in [-0.05, 0) is 12.8 Å². The molecule has 1 aliphatic heterocycles. The molecule has 0 aromatic carbocycles. The minimum atomic E-state index is -5.10. The highest BCUT2D eigenvalue weighted by Gasteiger charge is 2.48. The molecule has 1 fully saturated rings. The van der Waals surface area contributed by atoms with Gasteiger partial charge in [0.2, 0.25) is 5.91 Å². The van der Waals surface area contributed by atoms with Crippen LogP contribution < -0.4 is 5.32 Å². The molecular formula is C45H89NO12S. The number of nitrogens with one attached hydrogen (secondary N) is 1. The van der Waals surface area contributed by atoms with E-state index in [9.17, 15) is 43.3 Å². The molecular weight excluding hydrogens is 779 g/mol. The zero-order valence-electron chi connectivity index (χ0n) is 37.2. The maximum Gasteiger partial charge on any atom is 0.397 e. The molecule has 0 aromatic rings. The van der Waals surface area contributed by atoms with Crippen LogP contribution in [0.5, 0.6) is 0 Å². The Morgan fingerprint density at radius 1 is 0.610 bits per heavy atom. The molecule has 1 amide bonds. The second-order valence-electron chi connectivity index (χ2n) is 17.2. The maximum absolute atomic E-state index is 13.1. The van der Waals surface area contributed by atoms with Crippen LogP contribution in [0.1, 0.15) is 219 Å². The van der Waals surface area contributed by atoms with Gasteiger partial charge < -0.3 is 40.3 Å².